The minimum atomic E-state index is -0.993. The third-order valence-corrected chi connectivity index (χ3v) is 4.96. The number of H-pyrrole nitrogens is 1. The third-order valence-electron chi connectivity index (χ3n) is 4.96. The van der Waals surface area contributed by atoms with Crippen LogP contribution >= 0.6 is 0 Å². The van der Waals surface area contributed by atoms with Gasteiger partial charge in [0.05, 0.1) is 0 Å². The molecule has 0 spiro atoms. The molecule has 2 aromatic carbocycles. The van der Waals surface area contributed by atoms with Crippen molar-refractivity contribution >= 4 is 16.9 Å². The molecule has 1 fully saturated rings. The molecular formula is C22H23NO4. The van der Waals surface area contributed by atoms with Gasteiger partial charge in [0.2, 0.25) is 0 Å². The minimum Gasteiger partial charge on any atom is -0.482 e. The Morgan fingerprint density at radius 2 is 1.89 bits per heavy atom. The lowest BCUT2D eigenvalue weighted by Gasteiger charge is -2.14. The second-order valence-corrected chi connectivity index (χ2v) is 7.34. The summed E-state index contributed by atoms with van der Waals surface area (Å²) in [5.74, 6) is 1.94. The number of nitrogens with one attached hydrogen (secondary N) is 1. The van der Waals surface area contributed by atoms with Gasteiger partial charge >= 0.3 is 5.97 Å². The van der Waals surface area contributed by atoms with Crippen molar-refractivity contribution in [2.24, 2.45) is 5.92 Å². The van der Waals surface area contributed by atoms with Crippen LogP contribution in [0.4, 0.5) is 0 Å². The topological polar surface area (TPSA) is 71.6 Å². The minimum absolute atomic E-state index is 0.354. The lowest BCUT2D eigenvalue weighted by atomic mass is 10.1. The van der Waals surface area contributed by atoms with Crippen LogP contribution in [0.3, 0.4) is 0 Å². The molecule has 0 bridgehead atoms. The molecule has 1 aromatic heterocycles. The molecule has 0 atom stereocenters. The summed E-state index contributed by atoms with van der Waals surface area (Å²) in [6, 6.07) is 9.72. The van der Waals surface area contributed by atoms with Crippen LogP contribution in [0.25, 0.3) is 10.9 Å². The zero-order valence-corrected chi connectivity index (χ0v) is 15.5. The lowest BCUT2D eigenvalue weighted by molar-refractivity contribution is -0.139. The average Bonchev–Trinajstić information content (AvgIpc) is 3.36. The largest absolute Gasteiger partial charge is 0.482 e. The van der Waals surface area contributed by atoms with E-state index in [1.54, 1.807) is 12.1 Å². The van der Waals surface area contributed by atoms with Crippen LogP contribution in [-0.2, 0) is 11.2 Å². The summed E-state index contributed by atoms with van der Waals surface area (Å²) in [4.78, 5) is 14.0. The van der Waals surface area contributed by atoms with Crippen LogP contribution in [0.15, 0.2) is 36.5 Å². The number of carboxylic acids is 1. The molecule has 0 radical (unpaired) electrons. The van der Waals surface area contributed by atoms with Gasteiger partial charge in [-0.15, -0.1) is 0 Å². The average molecular weight is 365 g/mol. The molecule has 0 saturated heterocycles. The quantitative estimate of drug-likeness (QED) is 0.618. The van der Waals surface area contributed by atoms with Gasteiger partial charge in [-0.1, -0.05) is 0 Å². The number of rotatable bonds is 7. The first-order chi connectivity index (χ1) is 13.0. The molecule has 4 rings (SSSR count). The van der Waals surface area contributed by atoms with Crippen LogP contribution < -0.4 is 9.47 Å². The number of hydrogen-bond acceptors (Lipinski definition) is 3. The second kappa shape index (κ2) is 6.99. The highest BCUT2D eigenvalue weighted by atomic mass is 16.5. The van der Waals surface area contributed by atoms with Gasteiger partial charge in [-0.25, -0.2) is 4.79 Å². The van der Waals surface area contributed by atoms with Gasteiger partial charge in [-0.05, 0) is 86.1 Å². The molecule has 5 nitrogen and oxygen atoms in total. The van der Waals surface area contributed by atoms with E-state index < -0.39 is 5.97 Å². The zero-order valence-electron chi connectivity index (χ0n) is 15.5. The summed E-state index contributed by atoms with van der Waals surface area (Å²) < 4.78 is 11.5. The highest BCUT2D eigenvalue weighted by Gasteiger charge is 2.23. The number of carboxylic acid groups (broad SMARTS) is 1. The van der Waals surface area contributed by atoms with Crippen molar-refractivity contribution in [2.45, 2.75) is 33.1 Å². The van der Waals surface area contributed by atoms with Gasteiger partial charge in [0.1, 0.15) is 17.2 Å². The summed E-state index contributed by atoms with van der Waals surface area (Å²) in [5, 5.41) is 9.98. The Kier molecular flexibility index (Phi) is 4.52. The molecule has 1 aliphatic carbocycles. The standard InChI is InChI=1S/C22H23NO4/c1-13-7-18(26-12-21(24)25)8-14(2)22(13)27-17-5-6-20-19(10-17)16(11-23-20)9-15-3-4-15/h5-8,10-11,15,23H,3-4,9,12H2,1-2H3,(H,24,25). The third kappa shape index (κ3) is 3.92. The van der Waals surface area contributed by atoms with E-state index in [1.165, 1.54) is 23.8 Å². The van der Waals surface area contributed by atoms with Crippen LogP contribution in [-0.4, -0.2) is 22.7 Å². The fraction of sp³-hybridized carbons (Fsp3) is 0.318. The fourth-order valence-corrected chi connectivity index (χ4v) is 3.44. The van der Waals surface area contributed by atoms with Gasteiger partial charge in [-0.3, -0.25) is 0 Å². The number of aromatic nitrogens is 1. The van der Waals surface area contributed by atoms with Gasteiger partial charge in [0.25, 0.3) is 0 Å². The van der Waals surface area contributed by atoms with E-state index in [9.17, 15) is 4.79 Å². The molecule has 5 heteroatoms. The first kappa shape index (κ1) is 17.5. The number of aromatic amines is 1. The summed E-state index contributed by atoms with van der Waals surface area (Å²) in [7, 11) is 0. The Hall–Kier alpha value is -2.95. The van der Waals surface area contributed by atoms with Crippen molar-refractivity contribution in [1.82, 2.24) is 4.98 Å². The first-order valence-electron chi connectivity index (χ1n) is 9.23. The number of carbonyl (C=O) groups is 1. The second-order valence-electron chi connectivity index (χ2n) is 7.34. The maximum atomic E-state index is 10.7. The molecule has 27 heavy (non-hydrogen) atoms. The summed E-state index contributed by atoms with van der Waals surface area (Å²) in [5.41, 5.74) is 4.29. The first-order valence-corrected chi connectivity index (χ1v) is 9.23. The predicted molar refractivity (Wildman–Crippen MR) is 104 cm³/mol. The molecule has 0 unspecified atom stereocenters. The summed E-state index contributed by atoms with van der Waals surface area (Å²) in [6.45, 7) is 3.51. The molecule has 1 saturated carbocycles. The van der Waals surface area contributed by atoms with E-state index >= 15 is 0 Å². The van der Waals surface area contributed by atoms with Gasteiger partial charge in [0.15, 0.2) is 6.61 Å². The molecule has 1 heterocycles. The highest BCUT2D eigenvalue weighted by molar-refractivity contribution is 5.84. The van der Waals surface area contributed by atoms with E-state index in [0.717, 1.165) is 40.5 Å². The highest BCUT2D eigenvalue weighted by Crippen LogP contribution is 2.37. The Morgan fingerprint density at radius 3 is 2.56 bits per heavy atom. The predicted octanol–water partition coefficient (Wildman–Crippen LogP) is 4.99. The molecular weight excluding hydrogens is 342 g/mol. The molecule has 0 aliphatic heterocycles. The number of hydrogen-bond donors (Lipinski definition) is 2. The summed E-state index contributed by atoms with van der Waals surface area (Å²) in [6.07, 6.45) is 5.89. The molecule has 0 amide bonds. The van der Waals surface area contributed by atoms with Crippen LogP contribution in [0.1, 0.15) is 29.5 Å². The zero-order chi connectivity index (χ0) is 19.0. The number of aliphatic carboxylic acids is 1. The van der Waals surface area contributed by atoms with E-state index in [4.69, 9.17) is 14.6 Å². The summed E-state index contributed by atoms with van der Waals surface area (Å²) >= 11 is 0. The van der Waals surface area contributed by atoms with Gasteiger partial charge in [-0.2, -0.15) is 0 Å². The Balaban J connectivity index is 1.58. The fourth-order valence-electron chi connectivity index (χ4n) is 3.44. The van der Waals surface area contributed by atoms with Gasteiger partial charge in [0, 0.05) is 17.1 Å². The maximum Gasteiger partial charge on any atom is 0.341 e. The molecule has 3 aromatic rings. The van der Waals surface area contributed by atoms with Crippen molar-refractivity contribution in [3.63, 3.8) is 0 Å². The normalized spacial score (nSPS) is 13.7. The molecule has 2 N–H and O–H groups in total. The maximum absolute atomic E-state index is 10.7. The van der Waals surface area contributed by atoms with E-state index in [1.807, 2.05) is 19.9 Å². The number of ether oxygens (including phenoxy) is 2. The lowest BCUT2D eigenvalue weighted by Crippen LogP contribution is -2.09. The van der Waals surface area contributed by atoms with Gasteiger partial charge < -0.3 is 19.6 Å². The van der Waals surface area contributed by atoms with Crippen molar-refractivity contribution in [2.75, 3.05) is 6.61 Å². The monoisotopic (exact) mass is 365 g/mol. The van der Waals surface area contributed by atoms with Crippen LogP contribution in [0.5, 0.6) is 17.2 Å². The van der Waals surface area contributed by atoms with Crippen molar-refractivity contribution in [1.29, 1.82) is 0 Å². The number of fused-ring (bicyclic) bond motifs is 1. The Bertz CT molecular complexity index is 978. The Labute approximate surface area is 157 Å². The smallest absolute Gasteiger partial charge is 0.341 e. The van der Waals surface area contributed by atoms with Crippen molar-refractivity contribution in [3.05, 3.63) is 53.2 Å². The van der Waals surface area contributed by atoms with E-state index in [-0.39, 0.29) is 6.61 Å². The van der Waals surface area contributed by atoms with Crippen molar-refractivity contribution < 1.29 is 19.4 Å². The molecule has 1 aliphatic rings. The van der Waals surface area contributed by atoms with E-state index in [0.29, 0.717) is 5.75 Å². The SMILES string of the molecule is Cc1cc(OCC(=O)O)cc(C)c1Oc1ccc2[nH]cc(CC3CC3)c2c1. The number of benzene rings is 2. The Morgan fingerprint density at radius 1 is 1.15 bits per heavy atom. The molecule has 140 valence electrons. The van der Waals surface area contributed by atoms with Crippen LogP contribution in [0.2, 0.25) is 0 Å². The van der Waals surface area contributed by atoms with E-state index in [2.05, 4.69) is 23.3 Å². The number of aryl methyl sites for hydroxylation is 2. The van der Waals surface area contributed by atoms with Crippen LogP contribution in [0, 0.1) is 19.8 Å². The van der Waals surface area contributed by atoms with Crippen molar-refractivity contribution in [3.8, 4) is 17.2 Å².